The highest BCUT2D eigenvalue weighted by molar-refractivity contribution is 7.89. The van der Waals surface area contributed by atoms with Gasteiger partial charge in [-0.05, 0) is 54.5 Å². The maximum atomic E-state index is 13.6. The first kappa shape index (κ1) is 18.2. The Labute approximate surface area is 159 Å². The van der Waals surface area contributed by atoms with E-state index in [9.17, 15) is 12.8 Å². The summed E-state index contributed by atoms with van der Waals surface area (Å²) in [5, 5.41) is 0.903. The molecular weight excluding hydrogens is 363 g/mol. The third-order valence-electron chi connectivity index (χ3n) is 5.45. The molecule has 1 saturated heterocycles. The molecule has 1 aliphatic heterocycles. The molecule has 6 heteroatoms. The second-order valence-corrected chi connectivity index (χ2v) is 9.25. The molecule has 4 nitrogen and oxygen atoms in total. The molecule has 142 valence electrons. The van der Waals surface area contributed by atoms with E-state index in [1.54, 1.807) is 16.4 Å². The number of nitrogens with zero attached hydrogens (tertiary/aromatic N) is 1. The maximum absolute atomic E-state index is 13.6. The summed E-state index contributed by atoms with van der Waals surface area (Å²) in [6.45, 7) is 1.04. The van der Waals surface area contributed by atoms with Gasteiger partial charge in [-0.25, -0.2) is 17.1 Å². The Morgan fingerprint density at radius 1 is 1.07 bits per heavy atom. The number of aromatic amines is 1. The molecule has 0 spiro atoms. The van der Waals surface area contributed by atoms with Gasteiger partial charge in [0.1, 0.15) is 5.82 Å². The third kappa shape index (κ3) is 3.92. The number of hydrogen-bond donors (Lipinski definition) is 1. The Hall–Kier alpha value is -2.18. The van der Waals surface area contributed by atoms with Crippen LogP contribution in [0.2, 0.25) is 0 Å². The number of H-pyrrole nitrogens is 1. The minimum Gasteiger partial charge on any atom is -0.361 e. The zero-order chi connectivity index (χ0) is 18.9. The number of halogens is 1. The number of piperidine rings is 1. The summed E-state index contributed by atoms with van der Waals surface area (Å²) in [5.41, 5.74) is 3.05. The molecule has 1 fully saturated rings. The largest absolute Gasteiger partial charge is 0.361 e. The lowest BCUT2D eigenvalue weighted by atomic mass is 9.90. The number of aryl methyl sites for hydroxylation is 1. The number of fused-ring (bicyclic) bond motifs is 1. The fourth-order valence-electron chi connectivity index (χ4n) is 3.92. The van der Waals surface area contributed by atoms with Crippen LogP contribution in [0.15, 0.2) is 54.7 Å². The molecule has 0 radical (unpaired) electrons. The average molecular weight is 386 g/mol. The molecule has 3 aromatic rings. The lowest BCUT2D eigenvalue weighted by Gasteiger charge is -2.31. The Bertz CT molecular complexity index is 1020. The van der Waals surface area contributed by atoms with Crippen LogP contribution in [-0.2, 0) is 16.4 Å². The zero-order valence-corrected chi connectivity index (χ0v) is 15.9. The molecule has 0 amide bonds. The summed E-state index contributed by atoms with van der Waals surface area (Å²) in [6.07, 6.45) is 3.99. The smallest absolute Gasteiger partial charge is 0.214 e. The molecule has 4 rings (SSSR count). The number of nitrogens with one attached hydrogen (secondary N) is 1. The Morgan fingerprint density at radius 2 is 1.81 bits per heavy atom. The van der Waals surface area contributed by atoms with Crippen LogP contribution in [0.1, 0.15) is 29.9 Å². The van der Waals surface area contributed by atoms with Gasteiger partial charge in [0, 0.05) is 30.2 Å². The van der Waals surface area contributed by atoms with E-state index in [0.717, 1.165) is 34.9 Å². The van der Waals surface area contributed by atoms with Crippen LogP contribution in [0, 0.1) is 5.82 Å². The predicted octanol–water partition coefficient (Wildman–Crippen LogP) is 4.06. The highest BCUT2D eigenvalue weighted by Crippen LogP contribution is 2.34. The van der Waals surface area contributed by atoms with Gasteiger partial charge in [-0.1, -0.05) is 30.3 Å². The summed E-state index contributed by atoms with van der Waals surface area (Å²) in [6, 6.07) is 14.5. The number of hydrogen-bond acceptors (Lipinski definition) is 2. The van der Waals surface area contributed by atoms with E-state index in [0.29, 0.717) is 19.5 Å². The van der Waals surface area contributed by atoms with Gasteiger partial charge in [0.05, 0.1) is 5.75 Å². The first-order valence-electron chi connectivity index (χ1n) is 9.31. The van der Waals surface area contributed by atoms with E-state index in [2.05, 4.69) is 4.98 Å². The van der Waals surface area contributed by atoms with Crippen molar-refractivity contribution in [3.8, 4) is 0 Å². The van der Waals surface area contributed by atoms with Crippen LogP contribution < -0.4 is 0 Å². The minimum atomic E-state index is -3.26. The van der Waals surface area contributed by atoms with Crippen molar-refractivity contribution in [1.82, 2.24) is 9.29 Å². The molecule has 0 unspecified atom stereocenters. The first-order valence-corrected chi connectivity index (χ1v) is 10.9. The van der Waals surface area contributed by atoms with Crippen molar-refractivity contribution in [1.29, 1.82) is 0 Å². The van der Waals surface area contributed by atoms with E-state index in [1.807, 2.05) is 36.5 Å². The van der Waals surface area contributed by atoms with E-state index >= 15 is 0 Å². The highest BCUT2D eigenvalue weighted by atomic mass is 32.2. The second-order valence-electron chi connectivity index (χ2n) is 7.16. The van der Waals surface area contributed by atoms with Gasteiger partial charge >= 0.3 is 0 Å². The average Bonchev–Trinajstić information content (AvgIpc) is 3.10. The maximum Gasteiger partial charge on any atom is 0.214 e. The van der Waals surface area contributed by atoms with Crippen LogP contribution in [0.5, 0.6) is 0 Å². The van der Waals surface area contributed by atoms with E-state index in [4.69, 9.17) is 0 Å². The van der Waals surface area contributed by atoms with Gasteiger partial charge in [-0.15, -0.1) is 0 Å². The molecule has 2 heterocycles. The highest BCUT2D eigenvalue weighted by Gasteiger charge is 2.29. The van der Waals surface area contributed by atoms with Gasteiger partial charge in [0.2, 0.25) is 10.0 Å². The quantitative estimate of drug-likeness (QED) is 0.719. The second kappa shape index (κ2) is 7.44. The standard InChI is InChI=1S/C21H23FN2O2S/c22-18-6-7-21-19(14-18)20(15-23-21)17-8-11-24(12-9-17)27(25,26)13-10-16-4-2-1-3-5-16/h1-7,14-15,17,23H,8-13H2. The van der Waals surface area contributed by atoms with Gasteiger partial charge in [0.25, 0.3) is 0 Å². The number of sulfonamides is 1. The van der Waals surface area contributed by atoms with Gasteiger partial charge in [-0.3, -0.25) is 0 Å². The predicted molar refractivity (Wildman–Crippen MR) is 106 cm³/mol. The van der Waals surface area contributed by atoms with Crippen molar-refractivity contribution in [3.63, 3.8) is 0 Å². The Kier molecular flexibility index (Phi) is 5.02. The molecule has 27 heavy (non-hydrogen) atoms. The molecule has 0 atom stereocenters. The van der Waals surface area contributed by atoms with E-state index < -0.39 is 10.0 Å². The van der Waals surface area contributed by atoms with Crippen molar-refractivity contribution < 1.29 is 12.8 Å². The summed E-state index contributed by atoms with van der Waals surface area (Å²) in [4.78, 5) is 3.19. The van der Waals surface area contributed by atoms with Crippen molar-refractivity contribution in [2.24, 2.45) is 0 Å². The van der Waals surface area contributed by atoms with E-state index in [-0.39, 0.29) is 17.5 Å². The topological polar surface area (TPSA) is 53.2 Å². The molecule has 1 aliphatic rings. The third-order valence-corrected chi connectivity index (χ3v) is 7.33. The molecule has 0 bridgehead atoms. The normalized spacial score (nSPS) is 16.8. The summed E-state index contributed by atoms with van der Waals surface area (Å²) >= 11 is 0. The summed E-state index contributed by atoms with van der Waals surface area (Å²) in [5.74, 6) is 0.144. The van der Waals surface area contributed by atoms with Gasteiger partial charge < -0.3 is 4.98 Å². The fourth-order valence-corrected chi connectivity index (χ4v) is 5.44. The van der Waals surface area contributed by atoms with Crippen LogP contribution in [0.4, 0.5) is 4.39 Å². The zero-order valence-electron chi connectivity index (χ0n) is 15.1. The van der Waals surface area contributed by atoms with Crippen LogP contribution in [0.3, 0.4) is 0 Å². The number of aromatic nitrogens is 1. The first-order chi connectivity index (χ1) is 13.0. The monoisotopic (exact) mass is 386 g/mol. The molecule has 0 saturated carbocycles. The fraction of sp³-hybridized carbons (Fsp3) is 0.333. The Balaban J connectivity index is 1.41. The van der Waals surface area contributed by atoms with Crippen LogP contribution >= 0.6 is 0 Å². The SMILES string of the molecule is O=S(=O)(CCc1ccccc1)N1CCC(c2c[nH]c3ccc(F)cc23)CC1. The van der Waals surface area contributed by atoms with Gasteiger partial charge in [0.15, 0.2) is 0 Å². The summed E-state index contributed by atoms with van der Waals surface area (Å²) < 4.78 is 40.6. The molecule has 1 aromatic heterocycles. The molecule has 1 N–H and O–H groups in total. The van der Waals surface area contributed by atoms with Crippen molar-refractivity contribution in [3.05, 3.63) is 71.7 Å². The number of rotatable bonds is 5. The van der Waals surface area contributed by atoms with Gasteiger partial charge in [-0.2, -0.15) is 0 Å². The van der Waals surface area contributed by atoms with Crippen LogP contribution in [0.25, 0.3) is 10.9 Å². The van der Waals surface area contributed by atoms with Crippen molar-refractivity contribution in [2.45, 2.75) is 25.2 Å². The molecule has 2 aromatic carbocycles. The molecule has 0 aliphatic carbocycles. The minimum absolute atomic E-state index is 0.139. The van der Waals surface area contributed by atoms with E-state index in [1.165, 1.54) is 6.07 Å². The lowest BCUT2D eigenvalue weighted by Crippen LogP contribution is -2.39. The number of benzene rings is 2. The Morgan fingerprint density at radius 3 is 2.56 bits per heavy atom. The summed E-state index contributed by atoms with van der Waals surface area (Å²) in [7, 11) is -3.26. The van der Waals surface area contributed by atoms with Crippen molar-refractivity contribution >= 4 is 20.9 Å². The van der Waals surface area contributed by atoms with Crippen LogP contribution in [-0.4, -0.2) is 36.5 Å². The molecular formula is C21H23FN2O2S. The lowest BCUT2D eigenvalue weighted by molar-refractivity contribution is 0.320. The van der Waals surface area contributed by atoms with Crippen molar-refractivity contribution in [2.75, 3.05) is 18.8 Å².